The van der Waals surface area contributed by atoms with E-state index >= 15 is 0 Å². The molecule has 5 rings (SSSR count). The third kappa shape index (κ3) is 7.42. The van der Waals surface area contributed by atoms with E-state index in [1.54, 1.807) is 29.4 Å². The number of rotatable bonds is 8. The molecule has 0 bridgehead atoms. The molecule has 2 fully saturated rings. The molecule has 1 saturated heterocycles. The largest absolute Gasteiger partial charge is 0.356 e. The minimum absolute atomic E-state index is 0.0699. The number of benzene rings is 1. The fourth-order valence-corrected chi connectivity index (χ4v) is 5.65. The maximum Gasteiger partial charge on any atom is 0.317 e. The fourth-order valence-electron chi connectivity index (χ4n) is 5.35. The van der Waals surface area contributed by atoms with E-state index in [9.17, 15) is 9.59 Å². The van der Waals surface area contributed by atoms with Gasteiger partial charge in [-0.25, -0.2) is 14.8 Å². The van der Waals surface area contributed by atoms with Gasteiger partial charge in [0.2, 0.25) is 11.9 Å². The van der Waals surface area contributed by atoms with Gasteiger partial charge in [-0.3, -0.25) is 9.36 Å². The lowest BCUT2D eigenvalue weighted by Gasteiger charge is -2.42. The zero-order chi connectivity index (χ0) is 27.9. The van der Waals surface area contributed by atoms with E-state index in [4.69, 9.17) is 28.2 Å². The first kappa shape index (κ1) is 28.2. The van der Waals surface area contributed by atoms with E-state index in [1.165, 1.54) is 6.42 Å². The molecule has 1 aliphatic carbocycles. The number of halogens is 2. The number of piperazine rings is 1. The molecule has 0 spiro atoms. The standard InChI is InChI=1S/C28H34Cl2N8O2/c29-21-8-6-20(7-9-21)10-11-32-26(39)16-23-18-36(28(40)33-22-4-2-1-3-5-22)14-15-38(23)25-17-24(30)34-27(35-25)37-13-12-31-19-37/h6-9,12-13,17,19,22-23H,1-5,10-11,14-16,18H2,(H,32,39)(H,33,40). The van der Waals surface area contributed by atoms with Crippen LogP contribution in [0.15, 0.2) is 49.1 Å². The summed E-state index contributed by atoms with van der Waals surface area (Å²) < 4.78 is 1.68. The van der Waals surface area contributed by atoms with Crippen LogP contribution < -0.4 is 15.5 Å². The van der Waals surface area contributed by atoms with Crippen LogP contribution in [0.3, 0.4) is 0 Å². The average Bonchev–Trinajstić information content (AvgIpc) is 3.50. The molecular weight excluding hydrogens is 551 g/mol. The number of urea groups is 1. The summed E-state index contributed by atoms with van der Waals surface area (Å²) in [4.78, 5) is 43.3. The molecule has 3 heterocycles. The lowest BCUT2D eigenvalue weighted by atomic mass is 9.96. The summed E-state index contributed by atoms with van der Waals surface area (Å²) in [7, 11) is 0. The molecule has 2 aromatic heterocycles. The molecule has 1 aliphatic heterocycles. The van der Waals surface area contributed by atoms with Crippen molar-refractivity contribution >= 4 is 41.0 Å². The van der Waals surface area contributed by atoms with Gasteiger partial charge < -0.3 is 20.4 Å². The zero-order valence-electron chi connectivity index (χ0n) is 22.3. The van der Waals surface area contributed by atoms with Crippen molar-refractivity contribution in [2.24, 2.45) is 0 Å². The van der Waals surface area contributed by atoms with Crippen LogP contribution in [0.1, 0.15) is 44.1 Å². The highest BCUT2D eigenvalue weighted by atomic mass is 35.5. The van der Waals surface area contributed by atoms with Crippen molar-refractivity contribution in [2.75, 3.05) is 31.1 Å². The van der Waals surface area contributed by atoms with Gasteiger partial charge in [0.05, 0.1) is 6.04 Å². The van der Waals surface area contributed by atoms with Crippen molar-refractivity contribution in [3.8, 4) is 5.95 Å². The summed E-state index contributed by atoms with van der Waals surface area (Å²) in [6, 6.07) is 9.15. The Kier molecular flexibility index (Phi) is 9.38. The van der Waals surface area contributed by atoms with E-state index in [0.29, 0.717) is 49.4 Å². The van der Waals surface area contributed by atoms with Crippen LogP contribution >= 0.6 is 23.2 Å². The highest BCUT2D eigenvalue weighted by Crippen LogP contribution is 2.25. The van der Waals surface area contributed by atoms with Gasteiger partial charge in [0, 0.05) is 62.1 Å². The normalized spacial score (nSPS) is 18.0. The Morgan fingerprint density at radius 1 is 1.02 bits per heavy atom. The number of nitrogens with zero attached hydrogens (tertiary/aromatic N) is 6. The van der Waals surface area contributed by atoms with Gasteiger partial charge in [0.1, 0.15) is 17.3 Å². The first-order valence-electron chi connectivity index (χ1n) is 13.8. The smallest absolute Gasteiger partial charge is 0.317 e. The molecule has 1 atom stereocenters. The Morgan fingerprint density at radius 2 is 1.82 bits per heavy atom. The van der Waals surface area contributed by atoms with Crippen LogP contribution in [0.2, 0.25) is 10.2 Å². The lowest BCUT2D eigenvalue weighted by molar-refractivity contribution is -0.121. The summed E-state index contributed by atoms with van der Waals surface area (Å²) in [5.74, 6) is 0.909. The predicted octanol–water partition coefficient (Wildman–Crippen LogP) is 4.25. The molecule has 10 nitrogen and oxygen atoms in total. The zero-order valence-corrected chi connectivity index (χ0v) is 23.8. The van der Waals surface area contributed by atoms with Crippen LogP contribution in [0.5, 0.6) is 0 Å². The van der Waals surface area contributed by atoms with Crippen molar-refractivity contribution in [2.45, 2.75) is 57.0 Å². The summed E-state index contributed by atoms with van der Waals surface area (Å²) in [6.45, 7) is 1.92. The second-order valence-corrected chi connectivity index (χ2v) is 11.2. The van der Waals surface area contributed by atoms with Crippen molar-refractivity contribution in [3.63, 3.8) is 0 Å². The molecule has 3 aromatic rings. The van der Waals surface area contributed by atoms with E-state index in [2.05, 4.69) is 25.5 Å². The predicted molar refractivity (Wildman–Crippen MR) is 155 cm³/mol. The molecule has 2 N–H and O–H groups in total. The van der Waals surface area contributed by atoms with Crippen LogP contribution in [0.4, 0.5) is 10.6 Å². The maximum absolute atomic E-state index is 13.2. The van der Waals surface area contributed by atoms with E-state index in [-0.39, 0.29) is 35.6 Å². The lowest BCUT2D eigenvalue weighted by Crippen LogP contribution is -2.59. The third-order valence-electron chi connectivity index (χ3n) is 7.47. The summed E-state index contributed by atoms with van der Waals surface area (Å²) >= 11 is 12.4. The third-order valence-corrected chi connectivity index (χ3v) is 7.92. The van der Waals surface area contributed by atoms with Crippen molar-refractivity contribution in [1.82, 2.24) is 35.1 Å². The Morgan fingerprint density at radius 3 is 2.58 bits per heavy atom. The molecular formula is C28H34Cl2N8O2. The molecule has 40 heavy (non-hydrogen) atoms. The van der Waals surface area contributed by atoms with Gasteiger partial charge in [-0.05, 0) is 37.0 Å². The minimum atomic E-state index is -0.289. The summed E-state index contributed by atoms with van der Waals surface area (Å²) in [6.07, 6.45) is 11.4. The second kappa shape index (κ2) is 13.3. The maximum atomic E-state index is 13.2. The average molecular weight is 586 g/mol. The highest BCUT2D eigenvalue weighted by molar-refractivity contribution is 6.30. The quantitative estimate of drug-likeness (QED) is 0.383. The molecule has 12 heteroatoms. The van der Waals surface area contributed by atoms with Gasteiger partial charge in [-0.2, -0.15) is 4.98 Å². The van der Waals surface area contributed by atoms with Crippen LogP contribution in [-0.2, 0) is 11.2 Å². The van der Waals surface area contributed by atoms with E-state index in [1.807, 2.05) is 29.2 Å². The van der Waals surface area contributed by atoms with Gasteiger partial charge in [-0.1, -0.05) is 54.6 Å². The van der Waals surface area contributed by atoms with Crippen molar-refractivity contribution < 1.29 is 9.59 Å². The molecule has 0 radical (unpaired) electrons. The number of hydrogen-bond acceptors (Lipinski definition) is 6. The number of imidazole rings is 1. The second-order valence-electron chi connectivity index (χ2n) is 10.3. The van der Waals surface area contributed by atoms with Crippen molar-refractivity contribution in [3.05, 3.63) is 64.8 Å². The Balaban J connectivity index is 1.28. The molecule has 212 valence electrons. The van der Waals surface area contributed by atoms with Gasteiger partial charge >= 0.3 is 6.03 Å². The van der Waals surface area contributed by atoms with E-state index in [0.717, 1.165) is 31.2 Å². The minimum Gasteiger partial charge on any atom is -0.356 e. The molecule has 1 aromatic carbocycles. The number of amides is 3. The number of hydrogen-bond donors (Lipinski definition) is 2. The summed E-state index contributed by atoms with van der Waals surface area (Å²) in [5.41, 5.74) is 1.09. The first-order valence-corrected chi connectivity index (χ1v) is 14.6. The summed E-state index contributed by atoms with van der Waals surface area (Å²) in [5, 5.41) is 7.22. The Labute approximate surface area is 244 Å². The number of anilines is 1. The number of carbonyl (C=O) groups is 2. The molecule has 1 unspecified atom stereocenters. The number of aromatic nitrogens is 4. The van der Waals surface area contributed by atoms with Gasteiger partial charge in [-0.15, -0.1) is 0 Å². The van der Waals surface area contributed by atoms with Gasteiger partial charge in [0.15, 0.2) is 0 Å². The SMILES string of the molecule is O=C(CC1CN(C(=O)NC2CCCCC2)CCN1c1cc(Cl)nc(-n2ccnc2)n1)NCCc1ccc(Cl)cc1. The van der Waals surface area contributed by atoms with Gasteiger partial charge in [0.25, 0.3) is 0 Å². The van der Waals surface area contributed by atoms with Crippen molar-refractivity contribution in [1.29, 1.82) is 0 Å². The topological polar surface area (TPSA) is 108 Å². The number of nitrogens with one attached hydrogen (secondary N) is 2. The highest BCUT2D eigenvalue weighted by Gasteiger charge is 2.33. The van der Waals surface area contributed by atoms with Crippen LogP contribution in [0.25, 0.3) is 5.95 Å². The monoisotopic (exact) mass is 584 g/mol. The van der Waals surface area contributed by atoms with E-state index < -0.39 is 0 Å². The Bertz CT molecular complexity index is 1280. The first-order chi connectivity index (χ1) is 19.4. The molecule has 2 aliphatic rings. The fraction of sp³-hybridized carbons (Fsp3) is 0.464. The molecule has 3 amide bonds. The Hall–Kier alpha value is -3.37. The van der Waals surface area contributed by atoms with Crippen LogP contribution in [-0.4, -0.2) is 74.6 Å². The number of carbonyl (C=O) groups excluding carboxylic acids is 2. The van der Waals surface area contributed by atoms with Crippen LogP contribution in [0, 0.1) is 0 Å². The molecule has 1 saturated carbocycles.